The van der Waals surface area contributed by atoms with Crippen LogP contribution in [-0.4, -0.2) is 36.1 Å². The molecular formula is C14H23N3OS. The largest absolute Gasteiger partial charge is 0.409 e. The first-order valence-electron chi connectivity index (χ1n) is 6.41. The van der Waals surface area contributed by atoms with Crippen LogP contribution in [0.4, 0.5) is 0 Å². The number of benzene rings is 1. The van der Waals surface area contributed by atoms with Gasteiger partial charge >= 0.3 is 0 Å². The summed E-state index contributed by atoms with van der Waals surface area (Å²) in [6.07, 6.45) is 2.11. The van der Waals surface area contributed by atoms with Gasteiger partial charge < -0.3 is 16.3 Å². The standard InChI is InChI=1S/C14H23N3OS/c1-11(10-19-2)8-16-9-13(14(15)17-18)12-6-4-3-5-7-12/h3-7,11,13,16,18H,8-10H2,1-2H3,(H2,15,17). The Hall–Kier alpha value is -1.20. The molecule has 4 N–H and O–H groups in total. The molecule has 0 saturated carbocycles. The maximum Gasteiger partial charge on any atom is 0.147 e. The van der Waals surface area contributed by atoms with Crippen LogP contribution in [0, 0.1) is 5.92 Å². The molecule has 19 heavy (non-hydrogen) atoms. The fourth-order valence-corrected chi connectivity index (χ4v) is 2.65. The second-order valence-electron chi connectivity index (χ2n) is 4.71. The molecule has 2 atom stereocenters. The Balaban J connectivity index is 2.57. The van der Waals surface area contributed by atoms with Crippen LogP contribution < -0.4 is 11.1 Å². The SMILES string of the molecule is CSCC(C)CNCC(C(N)=NO)c1ccccc1. The van der Waals surface area contributed by atoms with Crippen molar-refractivity contribution in [2.24, 2.45) is 16.8 Å². The monoisotopic (exact) mass is 281 g/mol. The average Bonchev–Trinajstić information content (AvgIpc) is 2.44. The van der Waals surface area contributed by atoms with E-state index in [1.165, 1.54) is 0 Å². The molecule has 0 aromatic heterocycles. The van der Waals surface area contributed by atoms with Crippen molar-refractivity contribution in [1.29, 1.82) is 0 Å². The molecule has 0 heterocycles. The third kappa shape index (κ3) is 5.53. The highest BCUT2D eigenvalue weighted by molar-refractivity contribution is 7.98. The minimum Gasteiger partial charge on any atom is -0.409 e. The fraction of sp³-hybridized carbons (Fsp3) is 0.500. The van der Waals surface area contributed by atoms with Crippen LogP contribution in [0.3, 0.4) is 0 Å². The van der Waals surface area contributed by atoms with Gasteiger partial charge in [0.2, 0.25) is 0 Å². The second-order valence-corrected chi connectivity index (χ2v) is 5.62. The highest BCUT2D eigenvalue weighted by Gasteiger charge is 2.16. The van der Waals surface area contributed by atoms with Crippen LogP contribution in [0.2, 0.25) is 0 Å². The Morgan fingerprint density at radius 2 is 2.05 bits per heavy atom. The van der Waals surface area contributed by atoms with Gasteiger partial charge in [-0.05, 0) is 30.0 Å². The molecule has 2 unspecified atom stereocenters. The lowest BCUT2D eigenvalue weighted by atomic mass is 9.98. The van der Waals surface area contributed by atoms with E-state index in [1.807, 2.05) is 42.1 Å². The lowest BCUT2D eigenvalue weighted by molar-refractivity contribution is 0.315. The maximum atomic E-state index is 8.89. The van der Waals surface area contributed by atoms with E-state index in [9.17, 15) is 0 Å². The number of rotatable bonds is 8. The summed E-state index contributed by atoms with van der Waals surface area (Å²) in [5.41, 5.74) is 6.84. The zero-order valence-corrected chi connectivity index (χ0v) is 12.4. The number of thioether (sulfide) groups is 1. The fourth-order valence-electron chi connectivity index (χ4n) is 1.97. The molecule has 1 rings (SSSR count). The molecule has 106 valence electrons. The molecule has 0 bridgehead atoms. The normalized spacial score (nSPS) is 15.2. The van der Waals surface area contributed by atoms with Crippen LogP contribution in [-0.2, 0) is 0 Å². The first kappa shape index (κ1) is 15.9. The predicted molar refractivity (Wildman–Crippen MR) is 83.0 cm³/mol. The van der Waals surface area contributed by atoms with Gasteiger partial charge in [0, 0.05) is 6.54 Å². The van der Waals surface area contributed by atoms with E-state index in [0.29, 0.717) is 12.5 Å². The molecule has 0 aliphatic heterocycles. The van der Waals surface area contributed by atoms with E-state index in [2.05, 4.69) is 23.7 Å². The lowest BCUT2D eigenvalue weighted by Gasteiger charge is -2.18. The summed E-state index contributed by atoms with van der Waals surface area (Å²) in [7, 11) is 0. The van der Waals surface area contributed by atoms with Gasteiger partial charge in [-0.2, -0.15) is 11.8 Å². The van der Waals surface area contributed by atoms with Gasteiger partial charge in [-0.25, -0.2) is 0 Å². The molecule has 4 nitrogen and oxygen atoms in total. The van der Waals surface area contributed by atoms with Gasteiger partial charge in [0.15, 0.2) is 0 Å². The minimum atomic E-state index is -0.0901. The van der Waals surface area contributed by atoms with Crippen LogP contribution in [0.25, 0.3) is 0 Å². The zero-order valence-electron chi connectivity index (χ0n) is 11.5. The van der Waals surface area contributed by atoms with Crippen molar-refractivity contribution in [3.05, 3.63) is 35.9 Å². The van der Waals surface area contributed by atoms with Crippen molar-refractivity contribution in [2.45, 2.75) is 12.8 Å². The molecule has 5 heteroatoms. The smallest absolute Gasteiger partial charge is 0.147 e. The Morgan fingerprint density at radius 1 is 1.37 bits per heavy atom. The molecule has 0 aliphatic rings. The van der Waals surface area contributed by atoms with Crippen molar-refractivity contribution >= 4 is 17.6 Å². The highest BCUT2D eigenvalue weighted by atomic mass is 32.2. The summed E-state index contributed by atoms with van der Waals surface area (Å²) in [5, 5.41) is 15.4. The van der Waals surface area contributed by atoms with Crippen molar-refractivity contribution < 1.29 is 5.21 Å². The van der Waals surface area contributed by atoms with Crippen LogP contribution in [0.1, 0.15) is 18.4 Å². The summed E-state index contributed by atoms with van der Waals surface area (Å²) in [4.78, 5) is 0. The van der Waals surface area contributed by atoms with E-state index in [-0.39, 0.29) is 11.8 Å². The molecule has 0 amide bonds. The minimum absolute atomic E-state index is 0.0901. The van der Waals surface area contributed by atoms with Crippen LogP contribution in [0.15, 0.2) is 35.5 Å². The van der Waals surface area contributed by atoms with Gasteiger partial charge in [0.05, 0.1) is 5.92 Å². The van der Waals surface area contributed by atoms with E-state index in [0.717, 1.165) is 17.9 Å². The number of hydrogen-bond acceptors (Lipinski definition) is 4. The number of nitrogens with one attached hydrogen (secondary N) is 1. The van der Waals surface area contributed by atoms with E-state index in [1.54, 1.807) is 0 Å². The lowest BCUT2D eigenvalue weighted by Crippen LogP contribution is -2.34. The van der Waals surface area contributed by atoms with E-state index < -0.39 is 0 Å². The number of nitrogens with two attached hydrogens (primary N) is 1. The Labute approximate surface area is 119 Å². The molecule has 0 saturated heterocycles. The molecular weight excluding hydrogens is 258 g/mol. The highest BCUT2D eigenvalue weighted by Crippen LogP contribution is 2.15. The zero-order chi connectivity index (χ0) is 14.1. The van der Waals surface area contributed by atoms with Gasteiger partial charge in [-0.15, -0.1) is 0 Å². The Bertz CT molecular complexity index is 384. The Morgan fingerprint density at radius 3 is 2.63 bits per heavy atom. The molecule has 0 fully saturated rings. The average molecular weight is 281 g/mol. The van der Waals surface area contributed by atoms with Crippen molar-refractivity contribution in [1.82, 2.24) is 5.32 Å². The maximum absolute atomic E-state index is 8.89. The van der Waals surface area contributed by atoms with E-state index >= 15 is 0 Å². The number of amidine groups is 1. The van der Waals surface area contributed by atoms with Gasteiger partial charge in [0.25, 0.3) is 0 Å². The summed E-state index contributed by atoms with van der Waals surface area (Å²) in [6.45, 7) is 3.83. The summed E-state index contributed by atoms with van der Waals surface area (Å²) in [5.74, 6) is 1.90. The van der Waals surface area contributed by atoms with E-state index in [4.69, 9.17) is 10.9 Å². The first-order valence-corrected chi connectivity index (χ1v) is 7.80. The van der Waals surface area contributed by atoms with Gasteiger partial charge in [0.1, 0.15) is 5.84 Å². The second kappa shape index (κ2) is 8.82. The Kier molecular flexibility index (Phi) is 7.36. The predicted octanol–water partition coefficient (Wildman–Crippen LogP) is 2.11. The number of oxime groups is 1. The number of nitrogens with zero attached hydrogens (tertiary/aromatic N) is 1. The quantitative estimate of drug-likeness (QED) is 0.295. The molecule has 1 aromatic rings. The molecule has 1 aromatic carbocycles. The van der Waals surface area contributed by atoms with Crippen LogP contribution in [0.5, 0.6) is 0 Å². The third-order valence-corrected chi connectivity index (χ3v) is 3.87. The molecule has 0 aliphatic carbocycles. The summed E-state index contributed by atoms with van der Waals surface area (Å²) >= 11 is 1.85. The topological polar surface area (TPSA) is 70.6 Å². The first-order chi connectivity index (χ1) is 9.19. The van der Waals surface area contributed by atoms with Crippen molar-refractivity contribution in [3.8, 4) is 0 Å². The molecule has 0 spiro atoms. The van der Waals surface area contributed by atoms with Crippen molar-refractivity contribution in [3.63, 3.8) is 0 Å². The summed E-state index contributed by atoms with van der Waals surface area (Å²) in [6, 6.07) is 9.87. The summed E-state index contributed by atoms with van der Waals surface area (Å²) < 4.78 is 0. The number of hydrogen-bond donors (Lipinski definition) is 3. The van der Waals surface area contributed by atoms with Crippen molar-refractivity contribution in [2.75, 3.05) is 25.1 Å². The van der Waals surface area contributed by atoms with Gasteiger partial charge in [-0.3, -0.25) is 0 Å². The third-order valence-electron chi connectivity index (χ3n) is 2.97. The molecule has 0 radical (unpaired) electrons. The van der Waals surface area contributed by atoms with Crippen LogP contribution >= 0.6 is 11.8 Å². The van der Waals surface area contributed by atoms with Gasteiger partial charge in [-0.1, -0.05) is 42.4 Å².